The second kappa shape index (κ2) is 5.86. The van der Waals surface area contributed by atoms with Crippen LogP contribution in [0.4, 0.5) is 19.0 Å². The zero-order valence-electron chi connectivity index (χ0n) is 9.78. The number of nitrogens with zero attached hydrogens (tertiary/aromatic N) is 2. The molecule has 0 bridgehead atoms. The minimum absolute atomic E-state index is 0.0729. The van der Waals surface area contributed by atoms with Crippen molar-refractivity contribution in [1.82, 2.24) is 9.97 Å². The van der Waals surface area contributed by atoms with Crippen LogP contribution in [0.15, 0.2) is 40.5 Å². The van der Waals surface area contributed by atoms with Gasteiger partial charge in [-0.15, -0.1) is 0 Å². The van der Waals surface area contributed by atoms with Crippen molar-refractivity contribution in [2.45, 2.75) is 16.2 Å². The summed E-state index contributed by atoms with van der Waals surface area (Å²) in [6.07, 6.45) is -3.07. The summed E-state index contributed by atoms with van der Waals surface area (Å²) in [5.74, 6) is 5.05. The number of pyridine rings is 2. The van der Waals surface area contributed by atoms with Crippen LogP contribution in [0.25, 0.3) is 0 Å². The van der Waals surface area contributed by atoms with Gasteiger partial charge in [0.2, 0.25) is 0 Å². The summed E-state index contributed by atoms with van der Waals surface area (Å²) in [5.41, 5.74) is 1.27. The fourth-order valence-corrected chi connectivity index (χ4v) is 2.22. The SMILES string of the molecule is NNc1cc(C(F)(F)F)cc(Sc2ccc(Cl)cn2)n1. The van der Waals surface area contributed by atoms with Crippen molar-refractivity contribution in [3.63, 3.8) is 0 Å². The summed E-state index contributed by atoms with van der Waals surface area (Å²) < 4.78 is 38.2. The van der Waals surface area contributed by atoms with E-state index < -0.39 is 11.7 Å². The third-order valence-electron chi connectivity index (χ3n) is 2.19. The first-order chi connectivity index (χ1) is 9.38. The van der Waals surface area contributed by atoms with Gasteiger partial charge in [0.05, 0.1) is 10.6 Å². The van der Waals surface area contributed by atoms with Crippen LogP contribution in [-0.2, 0) is 6.18 Å². The lowest BCUT2D eigenvalue weighted by atomic mass is 10.2. The Labute approximate surface area is 121 Å². The van der Waals surface area contributed by atoms with Crippen molar-refractivity contribution in [1.29, 1.82) is 0 Å². The second-order valence-corrected chi connectivity index (χ2v) is 5.12. The molecule has 20 heavy (non-hydrogen) atoms. The zero-order valence-corrected chi connectivity index (χ0v) is 11.4. The van der Waals surface area contributed by atoms with Crippen LogP contribution in [0, 0.1) is 0 Å². The fourth-order valence-electron chi connectivity index (χ4n) is 1.32. The molecule has 0 aliphatic rings. The topological polar surface area (TPSA) is 63.8 Å². The van der Waals surface area contributed by atoms with Gasteiger partial charge in [-0.2, -0.15) is 13.2 Å². The molecule has 9 heteroatoms. The Hall–Kier alpha value is -1.51. The molecule has 0 aliphatic heterocycles. The highest BCUT2D eigenvalue weighted by atomic mass is 35.5. The van der Waals surface area contributed by atoms with Gasteiger partial charge in [0, 0.05) is 6.20 Å². The van der Waals surface area contributed by atoms with Gasteiger partial charge in [0.25, 0.3) is 0 Å². The number of nitrogen functional groups attached to an aromatic ring is 1. The predicted octanol–water partition coefficient (Wildman–Crippen LogP) is 3.59. The molecule has 2 heterocycles. The van der Waals surface area contributed by atoms with Crippen molar-refractivity contribution < 1.29 is 13.2 Å². The van der Waals surface area contributed by atoms with Gasteiger partial charge in [0.1, 0.15) is 15.9 Å². The van der Waals surface area contributed by atoms with E-state index in [-0.39, 0.29) is 10.8 Å². The molecular weight excluding hydrogens is 313 g/mol. The molecule has 0 spiro atoms. The smallest absolute Gasteiger partial charge is 0.308 e. The number of anilines is 1. The van der Waals surface area contributed by atoms with Crippen molar-refractivity contribution in [2.75, 3.05) is 5.43 Å². The quantitative estimate of drug-likeness (QED) is 0.668. The van der Waals surface area contributed by atoms with Crippen LogP contribution in [0.5, 0.6) is 0 Å². The van der Waals surface area contributed by atoms with Gasteiger partial charge < -0.3 is 5.43 Å². The number of aromatic nitrogens is 2. The molecule has 0 aliphatic carbocycles. The van der Waals surface area contributed by atoms with Gasteiger partial charge in [-0.25, -0.2) is 15.8 Å². The van der Waals surface area contributed by atoms with E-state index in [4.69, 9.17) is 17.4 Å². The van der Waals surface area contributed by atoms with Crippen LogP contribution in [-0.4, -0.2) is 9.97 Å². The Kier molecular flexibility index (Phi) is 4.36. The Balaban J connectivity index is 2.33. The monoisotopic (exact) mass is 320 g/mol. The summed E-state index contributed by atoms with van der Waals surface area (Å²) in [4.78, 5) is 7.92. The molecule has 3 N–H and O–H groups in total. The largest absolute Gasteiger partial charge is 0.416 e. The summed E-state index contributed by atoms with van der Waals surface area (Å²) in [6, 6.07) is 4.94. The molecule has 0 radical (unpaired) electrons. The van der Waals surface area contributed by atoms with E-state index in [1.807, 2.05) is 0 Å². The maximum Gasteiger partial charge on any atom is 0.416 e. The number of hydrogen-bond acceptors (Lipinski definition) is 5. The minimum Gasteiger partial charge on any atom is -0.308 e. The minimum atomic E-state index is -4.47. The van der Waals surface area contributed by atoms with Crippen LogP contribution < -0.4 is 11.3 Å². The lowest BCUT2D eigenvalue weighted by Gasteiger charge is -2.10. The summed E-state index contributed by atoms with van der Waals surface area (Å²) >= 11 is 6.66. The second-order valence-electron chi connectivity index (χ2n) is 3.64. The number of nitrogens with one attached hydrogen (secondary N) is 1. The fraction of sp³-hybridized carbons (Fsp3) is 0.0909. The number of alkyl halides is 3. The van der Waals surface area contributed by atoms with E-state index in [1.54, 1.807) is 12.1 Å². The highest BCUT2D eigenvalue weighted by molar-refractivity contribution is 7.99. The van der Waals surface area contributed by atoms with E-state index >= 15 is 0 Å². The molecule has 106 valence electrons. The molecule has 2 rings (SSSR count). The summed E-state index contributed by atoms with van der Waals surface area (Å²) in [7, 11) is 0. The van der Waals surface area contributed by atoms with Gasteiger partial charge in [-0.1, -0.05) is 23.4 Å². The lowest BCUT2D eigenvalue weighted by Crippen LogP contribution is -2.12. The molecule has 0 aromatic carbocycles. The molecule has 0 amide bonds. The first kappa shape index (κ1) is 14.9. The maximum absolute atomic E-state index is 12.7. The average molecular weight is 321 g/mol. The third-order valence-corrected chi connectivity index (χ3v) is 3.28. The van der Waals surface area contributed by atoms with E-state index in [9.17, 15) is 13.2 Å². The Morgan fingerprint density at radius 2 is 1.95 bits per heavy atom. The van der Waals surface area contributed by atoms with Crippen LogP contribution >= 0.6 is 23.4 Å². The summed E-state index contributed by atoms with van der Waals surface area (Å²) in [5, 5.41) is 1.04. The van der Waals surface area contributed by atoms with Crippen LogP contribution in [0.1, 0.15) is 5.56 Å². The van der Waals surface area contributed by atoms with E-state index in [0.717, 1.165) is 23.9 Å². The van der Waals surface area contributed by atoms with E-state index in [2.05, 4.69) is 15.4 Å². The molecule has 0 unspecified atom stereocenters. The molecular formula is C11H8ClF3N4S. The van der Waals surface area contributed by atoms with Crippen molar-refractivity contribution >= 4 is 29.2 Å². The number of rotatable bonds is 3. The Morgan fingerprint density at radius 1 is 1.20 bits per heavy atom. The predicted molar refractivity (Wildman–Crippen MR) is 70.4 cm³/mol. The molecule has 4 nitrogen and oxygen atoms in total. The van der Waals surface area contributed by atoms with Crippen LogP contribution in [0.2, 0.25) is 5.02 Å². The van der Waals surface area contributed by atoms with Crippen molar-refractivity contribution in [3.05, 3.63) is 41.0 Å². The Morgan fingerprint density at radius 3 is 2.50 bits per heavy atom. The van der Waals surface area contributed by atoms with Crippen LogP contribution in [0.3, 0.4) is 0 Å². The third kappa shape index (κ3) is 3.75. The number of hydrazine groups is 1. The average Bonchev–Trinajstić information content (AvgIpc) is 2.40. The standard InChI is InChI=1S/C11H8ClF3N4S/c12-7-1-2-9(17-5-7)20-10-4-6(11(13,14)15)3-8(18-10)19-16/h1-5H,16H2,(H,18,19). The highest BCUT2D eigenvalue weighted by Gasteiger charge is 2.31. The molecule has 0 atom stereocenters. The molecule has 2 aromatic rings. The molecule has 2 aromatic heterocycles. The molecule has 0 saturated carbocycles. The van der Waals surface area contributed by atoms with Gasteiger partial charge >= 0.3 is 6.18 Å². The van der Waals surface area contributed by atoms with Gasteiger partial charge in [0.15, 0.2) is 0 Å². The zero-order chi connectivity index (χ0) is 14.8. The number of halogens is 4. The molecule has 0 saturated heterocycles. The van der Waals surface area contributed by atoms with E-state index in [0.29, 0.717) is 10.0 Å². The first-order valence-corrected chi connectivity index (χ1v) is 6.43. The van der Waals surface area contributed by atoms with E-state index in [1.165, 1.54) is 6.20 Å². The normalized spacial score (nSPS) is 11.4. The van der Waals surface area contributed by atoms with Gasteiger partial charge in [-0.05, 0) is 24.3 Å². The van der Waals surface area contributed by atoms with Crippen molar-refractivity contribution in [2.24, 2.45) is 5.84 Å². The number of hydrogen-bond donors (Lipinski definition) is 2. The maximum atomic E-state index is 12.7. The first-order valence-electron chi connectivity index (χ1n) is 5.24. The molecule has 0 fully saturated rings. The van der Waals surface area contributed by atoms with Crippen molar-refractivity contribution in [3.8, 4) is 0 Å². The highest BCUT2D eigenvalue weighted by Crippen LogP contribution is 2.34. The lowest BCUT2D eigenvalue weighted by molar-refractivity contribution is -0.137. The Bertz CT molecular complexity index is 604. The number of nitrogens with two attached hydrogens (primary N) is 1. The van der Waals surface area contributed by atoms with Gasteiger partial charge in [-0.3, -0.25) is 0 Å². The summed E-state index contributed by atoms with van der Waals surface area (Å²) in [6.45, 7) is 0.